The van der Waals surface area contributed by atoms with E-state index in [2.05, 4.69) is 15.5 Å². The smallest absolute Gasteiger partial charge is 0.270 e. The van der Waals surface area contributed by atoms with Crippen LogP contribution in [0.2, 0.25) is 0 Å². The molecule has 6 nitrogen and oxygen atoms in total. The van der Waals surface area contributed by atoms with Crippen molar-refractivity contribution in [1.29, 1.82) is 0 Å². The second-order valence-electron chi connectivity index (χ2n) is 5.45. The van der Waals surface area contributed by atoms with E-state index in [0.717, 1.165) is 35.7 Å². The molecule has 1 amide bonds. The van der Waals surface area contributed by atoms with Crippen molar-refractivity contribution >= 4 is 22.9 Å². The van der Waals surface area contributed by atoms with Crippen LogP contribution in [0, 0.1) is 5.92 Å². The number of thiophene rings is 1. The summed E-state index contributed by atoms with van der Waals surface area (Å²) in [5.41, 5.74) is 0.739. The van der Waals surface area contributed by atoms with E-state index in [4.69, 9.17) is 9.26 Å². The Kier molecular flexibility index (Phi) is 3.23. The van der Waals surface area contributed by atoms with Crippen molar-refractivity contribution in [1.82, 2.24) is 10.1 Å². The summed E-state index contributed by atoms with van der Waals surface area (Å²) in [6.45, 7) is 1.15. The van der Waals surface area contributed by atoms with Gasteiger partial charge in [0.1, 0.15) is 4.88 Å². The average Bonchev–Trinajstić information content (AvgIpc) is 2.95. The van der Waals surface area contributed by atoms with Crippen LogP contribution in [-0.2, 0) is 9.53 Å². The fourth-order valence-corrected chi connectivity index (χ4v) is 3.15. The van der Waals surface area contributed by atoms with Crippen molar-refractivity contribution in [2.75, 3.05) is 18.5 Å². The molecule has 1 N–H and O–H groups in total. The van der Waals surface area contributed by atoms with E-state index >= 15 is 0 Å². The highest BCUT2D eigenvalue weighted by Gasteiger charge is 2.30. The number of hydrogen-bond acceptors (Lipinski definition) is 6. The lowest BCUT2D eigenvalue weighted by molar-refractivity contribution is -0.119. The number of anilines is 1. The van der Waals surface area contributed by atoms with Crippen LogP contribution in [0.4, 0.5) is 5.69 Å². The fourth-order valence-electron chi connectivity index (χ4n) is 2.38. The molecule has 0 aromatic carbocycles. The third-order valence-corrected chi connectivity index (χ3v) is 4.70. The lowest BCUT2D eigenvalue weighted by Gasteiger charge is -2.08. The standard InChI is InChI=1S/C14H15N3O3S/c18-13(9-3-5-19-7-9)15-10-4-6-21-11(10)14-16-12(17-20-14)8-1-2-8/h4,6,8-9H,1-3,5,7H2,(H,15,18). The van der Waals surface area contributed by atoms with Crippen LogP contribution >= 0.6 is 11.3 Å². The van der Waals surface area contributed by atoms with Gasteiger partial charge >= 0.3 is 0 Å². The Morgan fingerprint density at radius 1 is 1.38 bits per heavy atom. The summed E-state index contributed by atoms with van der Waals surface area (Å²) in [6.07, 6.45) is 3.04. The van der Waals surface area contributed by atoms with Crippen LogP contribution in [0.1, 0.15) is 31.0 Å². The van der Waals surface area contributed by atoms with Gasteiger partial charge in [0.25, 0.3) is 5.89 Å². The second-order valence-corrected chi connectivity index (χ2v) is 6.36. The third kappa shape index (κ3) is 2.58. The highest BCUT2D eigenvalue weighted by Crippen LogP contribution is 2.40. The Bertz CT molecular complexity index is 656. The maximum atomic E-state index is 12.2. The van der Waals surface area contributed by atoms with Gasteiger partial charge in [-0.1, -0.05) is 5.16 Å². The average molecular weight is 305 g/mol. The summed E-state index contributed by atoms with van der Waals surface area (Å²) in [7, 11) is 0. The highest BCUT2D eigenvalue weighted by molar-refractivity contribution is 7.14. The first-order valence-corrected chi connectivity index (χ1v) is 7.99. The molecule has 1 atom stereocenters. The van der Waals surface area contributed by atoms with E-state index in [1.807, 2.05) is 11.4 Å². The minimum Gasteiger partial charge on any atom is -0.381 e. The largest absolute Gasteiger partial charge is 0.381 e. The van der Waals surface area contributed by atoms with Crippen LogP contribution in [0.15, 0.2) is 16.0 Å². The first kappa shape index (κ1) is 13.0. The number of hydrogen-bond donors (Lipinski definition) is 1. The van der Waals surface area contributed by atoms with Crippen molar-refractivity contribution < 1.29 is 14.1 Å². The summed E-state index contributed by atoms with van der Waals surface area (Å²) < 4.78 is 10.6. The summed E-state index contributed by atoms with van der Waals surface area (Å²) in [5.74, 6) is 1.65. The van der Waals surface area contributed by atoms with E-state index in [1.54, 1.807) is 0 Å². The number of aromatic nitrogens is 2. The number of rotatable bonds is 4. The molecule has 4 rings (SSSR count). The maximum Gasteiger partial charge on any atom is 0.270 e. The van der Waals surface area contributed by atoms with Crippen molar-refractivity contribution in [2.24, 2.45) is 5.92 Å². The molecule has 0 radical (unpaired) electrons. The van der Waals surface area contributed by atoms with Crippen molar-refractivity contribution in [3.8, 4) is 10.8 Å². The molecule has 110 valence electrons. The van der Waals surface area contributed by atoms with Crippen LogP contribution < -0.4 is 5.32 Å². The monoisotopic (exact) mass is 305 g/mol. The van der Waals surface area contributed by atoms with Crippen LogP contribution in [0.5, 0.6) is 0 Å². The number of ether oxygens (including phenoxy) is 1. The topological polar surface area (TPSA) is 77.3 Å². The van der Waals surface area contributed by atoms with Gasteiger partial charge in [0, 0.05) is 12.5 Å². The predicted molar refractivity (Wildman–Crippen MR) is 77.1 cm³/mol. The van der Waals surface area contributed by atoms with E-state index in [-0.39, 0.29) is 11.8 Å². The first-order chi connectivity index (χ1) is 10.3. The van der Waals surface area contributed by atoms with Crippen molar-refractivity contribution in [3.63, 3.8) is 0 Å². The highest BCUT2D eigenvalue weighted by atomic mass is 32.1. The lowest BCUT2D eigenvalue weighted by Crippen LogP contribution is -2.22. The van der Waals surface area contributed by atoms with Crippen LogP contribution in [0.3, 0.4) is 0 Å². The number of nitrogens with zero attached hydrogens (tertiary/aromatic N) is 2. The van der Waals surface area contributed by atoms with Crippen molar-refractivity contribution in [2.45, 2.75) is 25.2 Å². The summed E-state index contributed by atoms with van der Waals surface area (Å²) in [6, 6.07) is 1.87. The van der Waals surface area contributed by atoms with E-state index in [1.165, 1.54) is 11.3 Å². The Labute approximate surface area is 125 Å². The molecule has 1 aliphatic heterocycles. The van der Waals surface area contributed by atoms with Gasteiger partial charge in [-0.2, -0.15) is 4.98 Å². The lowest BCUT2D eigenvalue weighted by atomic mass is 10.1. The van der Waals surface area contributed by atoms with Gasteiger partial charge in [0.05, 0.1) is 18.2 Å². The molecule has 3 heterocycles. The van der Waals surface area contributed by atoms with E-state index in [9.17, 15) is 4.79 Å². The molecule has 2 aromatic heterocycles. The summed E-state index contributed by atoms with van der Waals surface area (Å²) in [5, 5.41) is 8.88. The predicted octanol–water partition coefficient (Wildman–Crippen LogP) is 2.65. The molecule has 2 fully saturated rings. The van der Waals surface area contributed by atoms with Gasteiger partial charge in [-0.25, -0.2) is 0 Å². The summed E-state index contributed by atoms with van der Waals surface area (Å²) in [4.78, 5) is 17.4. The van der Waals surface area contributed by atoms with Gasteiger partial charge in [0.2, 0.25) is 5.91 Å². The minimum absolute atomic E-state index is 0.00548. The van der Waals surface area contributed by atoms with Gasteiger partial charge in [-0.05, 0) is 30.7 Å². The third-order valence-electron chi connectivity index (χ3n) is 3.80. The maximum absolute atomic E-state index is 12.2. The van der Waals surface area contributed by atoms with Gasteiger partial charge in [0.15, 0.2) is 5.82 Å². The molecular weight excluding hydrogens is 290 g/mol. The fraction of sp³-hybridized carbons (Fsp3) is 0.500. The van der Waals surface area contributed by atoms with Gasteiger partial charge < -0.3 is 14.6 Å². The number of nitrogens with one attached hydrogen (secondary N) is 1. The Morgan fingerprint density at radius 2 is 2.29 bits per heavy atom. The Balaban J connectivity index is 1.53. The molecule has 1 saturated carbocycles. The zero-order valence-electron chi connectivity index (χ0n) is 11.4. The number of carbonyl (C=O) groups is 1. The molecule has 21 heavy (non-hydrogen) atoms. The number of carbonyl (C=O) groups excluding carboxylic acids is 1. The van der Waals surface area contributed by atoms with Crippen LogP contribution in [0.25, 0.3) is 10.8 Å². The number of amides is 1. The second kappa shape index (κ2) is 5.23. The van der Waals surface area contributed by atoms with Crippen LogP contribution in [-0.4, -0.2) is 29.3 Å². The quantitative estimate of drug-likeness (QED) is 0.939. The first-order valence-electron chi connectivity index (χ1n) is 7.11. The minimum atomic E-state index is -0.0672. The SMILES string of the molecule is O=C(Nc1ccsc1-c1nc(C2CC2)no1)C1CCOC1. The summed E-state index contributed by atoms with van der Waals surface area (Å²) >= 11 is 1.49. The molecule has 0 spiro atoms. The Morgan fingerprint density at radius 3 is 3.05 bits per heavy atom. The molecule has 1 aliphatic carbocycles. The van der Waals surface area contributed by atoms with Gasteiger partial charge in [-0.3, -0.25) is 4.79 Å². The van der Waals surface area contributed by atoms with Gasteiger partial charge in [-0.15, -0.1) is 11.3 Å². The zero-order chi connectivity index (χ0) is 14.2. The Hall–Kier alpha value is -1.73. The molecule has 7 heteroatoms. The normalized spacial score (nSPS) is 21.6. The zero-order valence-corrected chi connectivity index (χ0v) is 12.2. The molecule has 1 unspecified atom stereocenters. The molecule has 0 bridgehead atoms. The van der Waals surface area contributed by atoms with E-state index in [0.29, 0.717) is 25.0 Å². The molecular formula is C14H15N3O3S. The van der Waals surface area contributed by atoms with Crippen molar-refractivity contribution in [3.05, 3.63) is 17.3 Å². The molecule has 1 saturated heterocycles. The molecule has 2 aliphatic rings. The van der Waals surface area contributed by atoms with E-state index < -0.39 is 0 Å². The molecule has 2 aromatic rings.